The number of aliphatic hydroxyl groups is 1. The highest BCUT2D eigenvalue weighted by Crippen LogP contribution is 2.46. The van der Waals surface area contributed by atoms with Gasteiger partial charge in [-0.15, -0.1) is 0 Å². The molecule has 8 nitrogen and oxygen atoms in total. The molecule has 7 rings (SSSR count). The van der Waals surface area contributed by atoms with Crippen molar-refractivity contribution in [3.05, 3.63) is 75.3 Å². The van der Waals surface area contributed by atoms with Gasteiger partial charge >= 0.3 is 5.97 Å². The zero-order valence-corrected chi connectivity index (χ0v) is 19.1. The first-order valence-electron chi connectivity index (χ1n) is 11.6. The molecule has 5 heterocycles. The van der Waals surface area contributed by atoms with Gasteiger partial charge in [0.25, 0.3) is 5.56 Å². The number of carbonyl (C=O) groups excluding carboxylic acids is 1. The van der Waals surface area contributed by atoms with Gasteiger partial charge in [-0.3, -0.25) is 4.79 Å². The van der Waals surface area contributed by atoms with Gasteiger partial charge in [0.1, 0.15) is 12.4 Å². The Labute approximate surface area is 203 Å². The molecule has 2 aromatic carbocycles. The summed E-state index contributed by atoms with van der Waals surface area (Å²) in [5, 5.41) is 11.9. The van der Waals surface area contributed by atoms with Crippen molar-refractivity contribution in [1.29, 1.82) is 0 Å². The smallest absolute Gasteiger partial charge is 0.343 e. The summed E-state index contributed by atoms with van der Waals surface area (Å²) >= 11 is 0. The number of hydrogen-bond donors (Lipinski definition) is 1. The number of ether oxygens (including phenoxy) is 3. The zero-order valence-electron chi connectivity index (χ0n) is 19.1. The van der Waals surface area contributed by atoms with Crippen LogP contribution in [0.5, 0.6) is 11.5 Å². The maximum absolute atomic E-state index is 13.8. The topological polar surface area (TPSA) is 99.9 Å². The number of aromatic nitrogens is 2. The molecule has 1 atom stereocenters. The minimum Gasteiger partial charge on any atom is -0.458 e. The van der Waals surface area contributed by atoms with Gasteiger partial charge in [0.15, 0.2) is 17.1 Å². The highest BCUT2D eigenvalue weighted by atomic mass is 19.1. The highest BCUT2D eigenvalue weighted by molar-refractivity contribution is 6.01. The Morgan fingerprint density at radius 1 is 1.06 bits per heavy atom. The first-order valence-corrected chi connectivity index (χ1v) is 11.6. The number of carbonyl (C=O) groups is 1. The standard InChI is InChI=1S/C27H19FN2O6/c1-2-27(33)18-8-20-24-16(10-30(20)25(31)17(18)11-34-26(27)32)23(13-3-5-14(28)6-4-13)15-7-21-22(36-12-35-21)9-19(15)29-24/h3-9,33H,2,10-12H2,1H3/t27-/m0/s1. The molecule has 0 saturated carbocycles. The van der Waals surface area contributed by atoms with Gasteiger partial charge in [0.05, 0.1) is 29.0 Å². The lowest BCUT2D eigenvalue weighted by Gasteiger charge is -2.31. The van der Waals surface area contributed by atoms with E-state index in [1.165, 1.54) is 12.1 Å². The van der Waals surface area contributed by atoms with Crippen LogP contribution in [0.15, 0.2) is 47.3 Å². The summed E-state index contributed by atoms with van der Waals surface area (Å²) < 4.78 is 31.7. The average Bonchev–Trinajstić information content (AvgIpc) is 3.49. The van der Waals surface area contributed by atoms with Crippen LogP contribution >= 0.6 is 0 Å². The Morgan fingerprint density at radius 3 is 2.56 bits per heavy atom. The van der Waals surface area contributed by atoms with Crippen molar-refractivity contribution in [3.63, 3.8) is 0 Å². The predicted molar refractivity (Wildman–Crippen MR) is 126 cm³/mol. The molecule has 3 aliphatic rings. The molecule has 0 radical (unpaired) electrons. The van der Waals surface area contributed by atoms with Crippen LogP contribution in [0.1, 0.15) is 30.0 Å². The van der Waals surface area contributed by atoms with Gasteiger partial charge in [-0.05, 0) is 41.8 Å². The number of pyridine rings is 2. The van der Waals surface area contributed by atoms with Crippen LogP contribution in [0.4, 0.5) is 4.39 Å². The van der Waals surface area contributed by atoms with Crippen LogP contribution in [0.3, 0.4) is 0 Å². The van der Waals surface area contributed by atoms with Crippen molar-refractivity contribution < 1.29 is 28.5 Å². The van der Waals surface area contributed by atoms with Gasteiger partial charge in [-0.2, -0.15) is 0 Å². The van der Waals surface area contributed by atoms with Crippen molar-refractivity contribution >= 4 is 16.9 Å². The average molecular weight is 486 g/mol. The zero-order chi connectivity index (χ0) is 24.8. The van der Waals surface area contributed by atoms with Gasteiger partial charge < -0.3 is 23.9 Å². The van der Waals surface area contributed by atoms with Crippen LogP contribution in [0, 0.1) is 5.82 Å². The monoisotopic (exact) mass is 486 g/mol. The summed E-state index contributed by atoms with van der Waals surface area (Å²) in [5.74, 6) is 0.0108. The highest BCUT2D eigenvalue weighted by Gasteiger charge is 2.45. The van der Waals surface area contributed by atoms with Crippen LogP contribution in [-0.2, 0) is 28.3 Å². The molecule has 0 fully saturated rings. The second-order valence-electron chi connectivity index (χ2n) is 9.15. The Kier molecular flexibility index (Phi) is 4.18. The van der Waals surface area contributed by atoms with E-state index in [1.807, 2.05) is 6.07 Å². The lowest BCUT2D eigenvalue weighted by molar-refractivity contribution is -0.172. The molecular formula is C27H19FN2O6. The lowest BCUT2D eigenvalue weighted by atomic mass is 9.86. The molecule has 0 amide bonds. The first-order chi connectivity index (χ1) is 17.4. The van der Waals surface area contributed by atoms with Crippen molar-refractivity contribution in [2.75, 3.05) is 6.79 Å². The maximum Gasteiger partial charge on any atom is 0.343 e. The molecular weight excluding hydrogens is 467 g/mol. The van der Waals surface area contributed by atoms with Crippen molar-refractivity contribution in [1.82, 2.24) is 9.55 Å². The van der Waals surface area contributed by atoms with E-state index >= 15 is 0 Å². The first kappa shape index (κ1) is 21.1. The number of rotatable bonds is 2. The largest absolute Gasteiger partial charge is 0.458 e. The van der Waals surface area contributed by atoms with E-state index in [0.29, 0.717) is 28.4 Å². The molecule has 180 valence electrons. The van der Waals surface area contributed by atoms with Gasteiger partial charge in [0.2, 0.25) is 6.79 Å². The van der Waals surface area contributed by atoms with Crippen LogP contribution in [0.2, 0.25) is 0 Å². The molecule has 0 spiro atoms. The summed E-state index contributed by atoms with van der Waals surface area (Å²) in [5.41, 5.74) is 2.25. The van der Waals surface area contributed by atoms with Crippen molar-refractivity contribution in [3.8, 4) is 34.0 Å². The van der Waals surface area contributed by atoms with E-state index in [0.717, 1.165) is 22.1 Å². The SMILES string of the molecule is CC[C@@]1(O)C(=O)OCc2c1cc1n(c2=O)Cc2c-1nc1cc3c(cc1c2-c1ccc(F)cc1)OCO3. The molecule has 9 heteroatoms. The van der Waals surface area contributed by atoms with E-state index in [9.17, 15) is 19.1 Å². The molecule has 2 aromatic heterocycles. The fraction of sp³-hybridized carbons (Fsp3) is 0.222. The third-order valence-electron chi connectivity index (χ3n) is 7.31. The number of fused-ring (bicyclic) bond motifs is 6. The number of esters is 1. The van der Waals surface area contributed by atoms with Crippen LogP contribution < -0.4 is 15.0 Å². The normalized spacial score (nSPS) is 19.1. The molecule has 1 N–H and O–H groups in total. The van der Waals surface area contributed by atoms with E-state index in [4.69, 9.17) is 19.2 Å². The van der Waals surface area contributed by atoms with E-state index in [-0.39, 0.29) is 48.9 Å². The molecule has 0 saturated heterocycles. The summed E-state index contributed by atoms with van der Waals surface area (Å²) in [7, 11) is 0. The summed E-state index contributed by atoms with van der Waals surface area (Å²) in [6.07, 6.45) is 0.0596. The number of cyclic esters (lactones) is 1. The van der Waals surface area contributed by atoms with Gasteiger partial charge in [0, 0.05) is 22.6 Å². The number of nitrogens with zero attached hydrogens (tertiary/aromatic N) is 2. The third-order valence-corrected chi connectivity index (χ3v) is 7.31. The van der Waals surface area contributed by atoms with Crippen molar-refractivity contribution in [2.24, 2.45) is 0 Å². The van der Waals surface area contributed by atoms with E-state index in [2.05, 4.69) is 0 Å². The number of halogens is 1. The molecule has 0 unspecified atom stereocenters. The van der Waals surface area contributed by atoms with Gasteiger partial charge in [-0.1, -0.05) is 19.1 Å². The Hall–Kier alpha value is -4.24. The molecule has 4 aromatic rings. The van der Waals surface area contributed by atoms with Gasteiger partial charge in [-0.25, -0.2) is 14.2 Å². The van der Waals surface area contributed by atoms with E-state index in [1.54, 1.807) is 35.8 Å². The maximum atomic E-state index is 13.8. The minimum atomic E-state index is -1.91. The summed E-state index contributed by atoms with van der Waals surface area (Å²) in [4.78, 5) is 30.9. The van der Waals surface area contributed by atoms with Crippen LogP contribution in [0.25, 0.3) is 33.4 Å². The van der Waals surface area contributed by atoms with E-state index < -0.39 is 11.6 Å². The fourth-order valence-electron chi connectivity index (χ4n) is 5.42. The lowest BCUT2D eigenvalue weighted by Crippen LogP contribution is -2.44. The Bertz CT molecular complexity index is 1690. The third kappa shape index (κ3) is 2.68. The molecule has 0 bridgehead atoms. The molecule has 3 aliphatic heterocycles. The number of benzene rings is 2. The number of hydrogen-bond acceptors (Lipinski definition) is 7. The van der Waals surface area contributed by atoms with Crippen molar-refractivity contribution in [2.45, 2.75) is 32.1 Å². The summed E-state index contributed by atoms with van der Waals surface area (Å²) in [6.45, 7) is 1.79. The quantitative estimate of drug-likeness (QED) is 0.381. The second-order valence-corrected chi connectivity index (χ2v) is 9.15. The van der Waals surface area contributed by atoms with Crippen LogP contribution in [-0.4, -0.2) is 27.4 Å². The fourth-order valence-corrected chi connectivity index (χ4v) is 5.42. The molecule has 0 aliphatic carbocycles. The molecule has 36 heavy (non-hydrogen) atoms. The Morgan fingerprint density at radius 2 is 1.81 bits per heavy atom. The second kappa shape index (κ2) is 7.14. The Balaban J connectivity index is 1.56. The predicted octanol–water partition coefficient (Wildman–Crippen LogP) is 3.61. The summed E-state index contributed by atoms with van der Waals surface area (Å²) in [6, 6.07) is 11.5. The minimum absolute atomic E-state index is 0.0596.